The van der Waals surface area contributed by atoms with Crippen LogP contribution in [0.2, 0.25) is 0 Å². The summed E-state index contributed by atoms with van der Waals surface area (Å²) in [4.78, 5) is 24.7. The Morgan fingerprint density at radius 1 is 1.25 bits per heavy atom. The number of hydrogen-bond acceptors (Lipinski definition) is 4. The summed E-state index contributed by atoms with van der Waals surface area (Å²) in [6.45, 7) is 3.39. The molecule has 0 atom stereocenters. The predicted molar refractivity (Wildman–Crippen MR) is 79.6 cm³/mol. The van der Waals surface area contributed by atoms with Crippen molar-refractivity contribution in [2.45, 2.75) is 13.8 Å². The van der Waals surface area contributed by atoms with E-state index >= 15 is 0 Å². The summed E-state index contributed by atoms with van der Waals surface area (Å²) in [7, 11) is 0. The molecule has 2 aromatic rings. The number of Topliss-reactive ketones (excluding diaryl/α,β-unsaturated/α-hetero) is 1. The molecule has 0 saturated carbocycles. The van der Waals surface area contributed by atoms with Crippen molar-refractivity contribution in [2.75, 3.05) is 11.9 Å². The molecule has 5 heteroatoms. The number of ketones is 1. The van der Waals surface area contributed by atoms with Crippen LogP contribution in [0.25, 0.3) is 0 Å². The first kappa shape index (κ1) is 14.3. The maximum absolute atomic E-state index is 11.9. The van der Waals surface area contributed by atoms with E-state index in [4.69, 9.17) is 4.74 Å². The molecule has 1 N–H and O–H groups in total. The van der Waals surface area contributed by atoms with Gasteiger partial charge in [0.25, 0.3) is 0 Å². The molecule has 0 radical (unpaired) electrons. The third-order valence-electron chi connectivity index (χ3n) is 2.54. The average Bonchev–Trinajstić information content (AvgIpc) is 2.82. The summed E-state index contributed by atoms with van der Waals surface area (Å²) in [5.41, 5.74) is 0.648. The number of amides is 1. The largest absolute Gasteiger partial charge is 0.485 e. The molecule has 4 nitrogen and oxygen atoms in total. The fourth-order valence-corrected chi connectivity index (χ4v) is 2.46. The van der Waals surface area contributed by atoms with Crippen LogP contribution >= 0.6 is 11.3 Å². The SMILES string of the molecule is CC(=O)Nc1cccc(OCC(=O)c2ccc(C)s2)c1. The standard InChI is InChI=1S/C15H15NO3S/c1-10-6-7-15(20-10)14(18)9-19-13-5-3-4-12(8-13)16-11(2)17/h3-8H,9H2,1-2H3,(H,16,17). The highest BCUT2D eigenvalue weighted by Gasteiger charge is 2.09. The van der Waals surface area contributed by atoms with Crippen LogP contribution in [0.5, 0.6) is 5.75 Å². The minimum atomic E-state index is -0.146. The van der Waals surface area contributed by atoms with E-state index in [1.54, 1.807) is 30.3 Å². The van der Waals surface area contributed by atoms with E-state index in [1.807, 2.05) is 13.0 Å². The second-order valence-electron chi connectivity index (χ2n) is 4.33. The Bertz CT molecular complexity index is 634. The molecule has 0 aliphatic heterocycles. The highest BCUT2D eigenvalue weighted by Crippen LogP contribution is 2.19. The van der Waals surface area contributed by atoms with Gasteiger partial charge in [-0.05, 0) is 31.2 Å². The van der Waals surface area contributed by atoms with E-state index in [0.717, 1.165) is 4.88 Å². The quantitative estimate of drug-likeness (QED) is 0.859. The van der Waals surface area contributed by atoms with Gasteiger partial charge in [0.2, 0.25) is 11.7 Å². The van der Waals surface area contributed by atoms with Gasteiger partial charge in [0.15, 0.2) is 6.61 Å². The normalized spacial score (nSPS) is 10.1. The van der Waals surface area contributed by atoms with E-state index in [2.05, 4.69) is 5.32 Å². The minimum absolute atomic E-state index is 0.0104. The zero-order valence-corrected chi connectivity index (χ0v) is 12.1. The van der Waals surface area contributed by atoms with Crippen LogP contribution in [0.1, 0.15) is 21.5 Å². The number of ether oxygens (including phenoxy) is 1. The molecule has 0 saturated heterocycles. The summed E-state index contributed by atoms with van der Waals surface area (Å²) in [5, 5.41) is 2.67. The van der Waals surface area contributed by atoms with E-state index in [1.165, 1.54) is 18.3 Å². The number of anilines is 1. The zero-order valence-electron chi connectivity index (χ0n) is 11.3. The number of carbonyl (C=O) groups excluding carboxylic acids is 2. The van der Waals surface area contributed by atoms with Crippen molar-refractivity contribution in [1.29, 1.82) is 0 Å². The lowest BCUT2D eigenvalue weighted by atomic mass is 10.3. The van der Waals surface area contributed by atoms with Crippen LogP contribution in [0.15, 0.2) is 36.4 Å². The van der Waals surface area contributed by atoms with Crippen molar-refractivity contribution < 1.29 is 14.3 Å². The maximum atomic E-state index is 11.9. The Hall–Kier alpha value is -2.14. The topological polar surface area (TPSA) is 55.4 Å². The van der Waals surface area contributed by atoms with Crippen molar-refractivity contribution >= 4 is 28.7 Å². The highest BCUT2D eigenvalue weighted by molar-refractivity contribution is 7.14. The fraction of sp³-hybridized carbons (Fsp3) is 0.200. The van der Waals surface area contributed by atoms with Crippen molar-refractivity contribution in [2.24, 2.45) is 0 Å². The van der Waals surface area contributed by atoms with Crippen LogP contribution in [0, 0.1) is 6.92 Å². The van der Waals surface area contributed by atoms with E-state index in [-0.39, 0.29) is 18.3 Å². The molecule has 1 aromatic heterocycles. The van der Waals surface area contributed by atoms with Crippen LogP contribution in [0.3, 0.4) is 0 Å². The molecule has 1 heterocycles. The molecule has 0 aliphatic rings. The number of aryl methyl sites for hydroxylation is 1. The third-order valence-corrected chi connectivity index (χ3v) is 3.58. The Morgan fingerprint density at radius 2 is 2.05 bits per heavy atom. The molecule has 20 heavy (non-hydrogen) atoms. The van der Waals surface area contributed by atoms with Gasteiger partial charge < -0.3 is 10.1 Å². The second-order valence-corrected chi connectivity index (χ2v) is 5.62. The fourth-order valence-electron chi connectivity index (χ4n) is 1.67. The summed E-state index contributed by atoms with van der Waals surface area (Å²) in [5.74, 6) is 0.359. The average molecular weight is 289 g/mol. The van der Waals surface area contributed by atoms with Gasteiger partial charge in [0.05, 0.1) is 4.88 Å². The van der Waals surface area contributed by atoms with Crippen LogP contribution in [0.4, 0.5) is 5.69 Å². The second kappa shape index (κ2) is 6.34. The maximum Gasteiger partial charge on any atom is 0.221 e. The van der Waals surface area contributed by atoms with Crippen molar-refractivity contribution in [1.82, 2.24) is 0 Å². The first-order chi connectivity index (χ1) is 9.54. The molecule has 0 aliphatic carbocycles. The minimum Gasteiger partial charge on any atom is -0.485 e. The Kier molecular flexibility index (Phi) is 4.53. The Morgan fingerprint density at radius 3 is 2.70 bits per heavy atom. The Labute approximate surface area is 121 Å². The Balaban J connectivity index is 1.97. The third kappa shape index (κ3) is 3.93. The molecular weight excluding hydrogens is 274 g/mol. The first-order valence-corrected chi connectivity index (χ1v) is 6.96. The van der Waals surface area contributed by atoms with E-state index in [0.29, 0.717) is 16.3 Å². The van der Waals surface area contributed by atoms with Gasteiger partial charge in [-0.3, -0.25) is 9.59 Å². The number of thiophene rings is 1. The summed E-state index contributed by atoms with van der Waals surface area (Å²) < 4.78 is 5.46. The molecule has 1 aromatic carbocycles. The van der Waals surface area contributed by atoms with Crippen LogP contribution in [-0.4, -0.2) is 18.3 Å². The smallest absolute Gasteiger partial charge is 0.221 e. The number of rotatable bonds is 5. The van der Waals surface area contributed by atoms with Crippen LogP contribution in [-0.2, 0) is 4.79 Å². The first-order valence-electron chi connectivity index (χ1n) is 6.14. The van der Waals surface area contributed by atoms with E-state index < -0.39 is 0 Å². The van der Waals surface area contributed by atoms with Gasteiger partial charge in [-0.15, -0.1) is 11.3 Å². The number of nitrogens with one attached hydrogen (secondary N) is 1. The monoisotopic (exact) mass is 289 g/mol. The van der Waals surface area contributed by atoms with E-state index in [9.17, 15) is 9.59 Å². The van der Waals surface area contributed by atoms with Gasteiger partial charge in [0.1, 0.15) is 5.75 Å². The molecule has 0 bridgehead atoms. The molecule has 0 unspecified atom stereocenters. The predicted octanol–water partition coefficient (Wildman–Crippen LogP) is 3.28. The number of benzene rings is 1. The highest BCUT2D eigenvalue weighted by atomic mass is 32.1. The molecule has 0 spiro atoms. The van der Waals surface area contributed by atoms with Gasteiger partial charge in [-0.1, -0.05) is 6.07 Å². The van der Waals surface area contributed by atoms with Gasteiger partial charge in [-0.25, -0.2) is 0 Å². The summed E-state index contributed by atoms with van der Waals surface area (Å²) in [6, 6.07) is 10.7. The van der Waals surface area contributed by atoms with Crippen LogP contribution < -0.4 is 10.1 Å². The molecular formula is C15H15NO3S. The van der Waals surface area contributed by atoms with Crippen molar-refractivity contribution in [3.05, 3.63) is 46.2 Å². The molecule has 1 amide bonds. The molecule has 2 rings (SSSR count). The van der Waals surface area contributed by atoms with Gasteiger partial charge >= 0.3 is 0 Å². The van der Waals surface area contributed by atoms with Gasteiger partial charge in [-0.2, -0.15) is 0 Å². The summed E-state index contributed by atoms with van der Waals surface area (Å²) in [6.07, 6.45) is 0. The lowest BCUT2D eigenvalue weighted by Gasteiger charge is -2.07. The zero-order chi connectivity index (χ0) is 14.5. The van der Waals surface area contributed by atoms with Gasteiger partial charge in [0, 0.05) is 23.6 Å². The molecule has 104 valence electrons. The number of carbonyl (C=O) groups is 2. The molecule has 0 fully saturated rings. The lowest BCUT2D eigenvalue weighted by molar-refractivity contribution is -0.114. The number of hydrogen-bond donors (Lipinski definition) is 1. The lowest BCUT2D eigenvalue weighted by Crippen LogP contribution is -2.10. The summed E-state index contributed by atoms with van der Waals surface area (Å²) >= 11 is 1.46. The van der Waals surface area contributed by atoms with Crippen molar-refractivity contribution in [3.63, 3.8) is 0 Å². The van der Waals surface area contributed by atoms with Crippen molar-refractivity contribution in [3.8, 4) is 5.75 Å².